The van der Waals surface area contributed by atoms with E-state index in [0.717, 1.165) is 31.6 Å². The molecule has 2 saturated carbocycles. The third kappa shape index (κ3) is 3.08. The van der Waals surface area contributed by atoms with Gasteiger partial charge in [-0.15, -0.1) is 0 Å². The third-order valence-corrected chi connectivity index (χ3v) is 4.51. The maximum atomic E-state index is 11.4. The molecule has 0 radical (unpaired) electrons. The molecule has 3 heteroatoms. The van der Waals surface area contributed by atoms with Crippen LogP contribution < -0.4 is 0 Å². The van der Waals surface area contributed by atoms with Gasteiger partial charge in [-0.05, 0) is 37.0 Å². The minimum absolute atomic E-state index is 0.106. The van der Waals surface area contributed by atoms with E-state index < -0.39 is 0 Å². The summed E-state index contributed by atoms with van der Waals surface area (Å²) in [6.45, 7) is 0. The van der Waals surface area contributed by atoms with E-state index >= 15 is 0 Å². The average molecular weight is 238 g/mol. The Morgan fingerprint density at radius 1 is 1.29 bits per heavy atom. The first kappa shape index (κ1) is 12.6. The zero-order valence-corrected chi connectivity index (χ0v) is 10.6. The van der Waals surface area contributed by atoms with Crippen LogP contribution in [0.4, 0.5) is 0 Å². The molecule has 0 aromatic heterocycles. The highest BCUT2D eigenvalue weighted by atomic mass is 16.5. The Bertz CT molecular complexity index is 298. The summed E-state index contributed by atoms with van der Waals surface area (Å²) in [5.41, 5.74) is 0. The zero-order chi connectivity index (χ0) is 12.3. The van der Waals surface area contributed by atoms with Gasteiger partial charge in [0.1, 0.15) is 5.78 Å². The SMILES string of the molecule is COC(=O)CCCCC1CCC2CC(=O)CC12. The first-order valence-corrected chi connectivity index (χ1v) is 6.79. The van der Waals surface area contributed by atoms with Gasteiger partial charge in [0.25, 0.3) is 0 Å². The fraction of sp³-hybridized carbons (Fsp3) is 0.857. The van der Waals surface area contributed by atoms with E-state index in [9.17, 15) is 9.59 Å². The molecule has 2 aliphatic rings. The van der Waals surface area contributed by atoms with Crippen LogP contribution in [-0.4, -0.2) is 18.9 Å². The molecule has 0 heterocycles. The Hall–Kier alpha value is -0.860. The summed E-state index contributed by atoms with van der Waals surface area (Å²) in [5.74, 6) is 2.46. The number of carbonyl (C=O) groups excluding carboxylic acids is 2. The number of unbranched alkanes of at least 4 members (excludes halogenated alkanes) is 1. The van der Waals surface area contributed by atoms with E-state index in [4.69, 9.17) is 0 Å². The Balaban J connectivity index is 1.66. The van der Waals surface area contributed by atoms with E-state index in [2.05, 4.69) is 4.74 Å². The summed E-state index contributed by atoms with van der Waals surface area (Å²) in [7, 11) is 1.44. The maximum Gasteiger partial charge on any atom is 0.305 e. The fourth-order valence-corrected chi connectivity index (χ4v) is 3.60. The minimum Gasteiger partial charge on any atom is -0.469 e. The van der Waals surface area contributed by atoms with Gasteiger partial charge in [-0.2, -0.15) is 0 Å². The van der Waals surface area contributed by atoms with Crippen LogP contribution in [0.5, 0.6) is 0 Å². The molecule has 0 aromatic rings. The monoisotopic (exact) mass is 238 g/mol. The second-order valence-electron chi connectivity index (χ2n) is 5.53. The van der Waals surface area contributed by atoms with E-state index in [1.54, 1.807) is 0 Å². The average Bonchev–Trinajstić information content (AvgIpc) is 2.84. The van der Waals surface area contributed by atoms with Gasteiger partial charge in [0, 0.05) is 19.3 Å². The Labute approximate surface area is 103 Å². The van der Waals surface area contributed by atoms with Crippen molar-refractivity contribution in [3.63, 3.8) is 0 Å². The lowest BCUT2D eigenvalue weighted by molar-refractivity contribution is -0.140. The van der Waals surface area contributed by atoms with Crippen molar-refractivity contribution in [3.8, 4) is 0 Å². The van der Waals surface area contributed by atoms with Crippen LogP contribution in [0.25, 0.3) is 0 Å². The summed E-state index contributed by atoms with van der Waals surface area (Å²) in [5, 5.41) is 0. The number of methoxy groups -OCH3 is 1. The Morgan fingerprint density at radius 3 is 2.88 bits per heavy atom. The molecule has 2 rings (SSSR count). The lowest BCUT2D eigenvalue weighted by Crippen LogP contribution is -2.10. The van der Waals surface area contributed by atoms with Gasteiger partial charge in [0.15, 0.2) is 0 Å². The van der Waals surface area contributed by atoms with Gasteiger partial charge in [0.05, 0.1) is 7.11 Å². The Morgan fingerprint density at radius 2 is 2.12 bits per heavy atom. The normalized spacial score (nSPS) is 31.6. The molecule has 3 nitrogen and oxygen atoms in total. The highest BCUT2D eigenvalue weighted by Gasteiger charge is 2.42. The molecule has 3 atom stereocenters. The molecular formula is C14H22O3. The number of esters is 1. The van der Waals surface area contributed by atoms with Gasteiger partial charge in [-0.3, -0.25) is 9.59 Å². The van der Waals surface area contributed by atoms with Gasteiger partial charge in [-0.1, -0.05) is 12.8 Å². The van der Waals surface area contributed by atoms with Crippen LogP contribution >= 0.6 is 0 Å². The number of rotatable bonds is 5. The molecule has 3 unspecified atom stereocenters. The van der Waals surface area contributed by atoms with Crippen molar-refractivity contribution in [1.29, 1.82) is 0 Å². The van der Waals surface area contributed by atoms with E-state index in [1.165, 1.54) is 26.4 Å². The lowest BCUT2D eigenvalue weighted by atomic mass is 9.88. The van der Waals surface area contributed by atoms with E-state index in [-0.39, 0.29) is 5.97 Å². The molecule has 17 heavy (non-hydrogen) atoms. The third-order valence-electron chi connectivity index (χ3n) is 4.51. The fourth-order valence-electron chi connectivity index (χ4n) is 3.60. The summed E-state index contributed by atoms with van der Waals surface area (Å²) in [6.07, 6.45) is 7.95. The largest absolute Gasteiger partial charge is 0.469 e. The molecule has 0 aliphatic heterocycles. The van der Waals surface area contributed by atoms with Crippen molar-refractivity contribution in [3.05, 3.63) is 0 Å². The highest BCUT2D eigenvalue weighted by Crippen LogP contribution is 2.47. The van der Waals surface area contributed by atoms with Gasteiger partial charge < -0.3 is 4.74 Å². The van der Waals surface area contributed by atoms with Crippen molar-refractivity contribution in [2.75, 3.05) is 7.11 Å². The molecule has 0 saturated heterocycles. The standard InChI is InChI=1S/C14H22O3/c1-17-14(16)5-3-2-4-10-6-7-11-8-12(15)9-13(10)11/h10-11,13H,2-9H2,1H3. The molecule has 0 spiro atoms. The number of carbonyl (C=O) groups is 2. The zero-order valence-electron chi connectivity index (χ0n) is 10.6. The van der Waals surface area contributed by atoms with Crippen LogP contribution in [0, 0.1) is 17.8 Å². The summed E-state index contributed by atoms with van der Waals surface area (Å²) >= 11 is 0. The van der Waals surface area contributed by atoms with Crippen molar-refractivity contribution >= 4 is 11.8 Å². The minimum atomic E-state index is -0.106. The molecule has 96 valence electrons. The number of ether oxygens (including phenoxy) is 1. The Kier molecular flexibility index (Phi) is 4.19. The van der Waals surface area contributed by atoms with Crippen LogP contribution in [0.3, 0.4) is 0 Å². The van der Waals surface area contributed by atoms with Crippen molar-refractivity contribution in [2.24, 2.45) is 17.8 Å². The van der Waals surface area contributed by atoms with Crippen LogP contribution in [0.2, 0.25) is 0 Å². The van der Waals surface area contributed by atoms with Crippen LogP contribution in [0.15, 0.2) is 0 Å². The van der Waals surface area contributed by atoms with Crippen molar-refractivity contribution in [2.45, 2.75) is 51.4 Å². The second-order valence-corrected chi connectivity index (χ2v) is 5.53. The summed E-state index contributed by atoms with van der Waals surface area (Å²) in [6, 6.07) is 0. The first-order valence-electron chi connectivity index (χ1n) is 6.79. The quantitative estimate of drug-likeness (QED) is 0.546. The molecule has 0 bridgehead atoms. The predicted molar refractivity (Wildman–Crippen MR) is 64.4 cm³/mol. The van der Waals surface area contributed by atoms with Gasteiger partial charge in [0.2, 0.25) is 0 Å². The lowest BCUT2D eigenvalue weighted by Gasteiger charge is -2.17. The molecule has 0 aromatic carbocycles. The van der Waals surface area contributed by atoms with Crippen molar-refractivity contribution in [1.82, 2.24) is 0 Å². The van der Waals surface area contributed by atoms with Crippen LogP contribution in [0.1, 0.15) is 51.4 Å². The van der Waals surface area contributed by atoms with Crippen LogP contribution in [-0.2, 0) is 14.3 Å². The molecule has 0 N–H and O–H groups in total. The van der Waals surface area contributed by atoms with Gasteiger partial charge >= 0.3 is 5.97 Å². The second kappa shape index (κ2) is 5.65. The van der Waals surface area contributed by atoms with Crippen molar-refractivity contribution < 1.29 is 14.3 Å². The van der Waals surface area contributed by atoms with E-state index in [1.807, 2.05) is 0 Å². The summed E-state index contributed by atoms with van der Waals surface area (Å²) < 4.78 is 4.62. The van der Waals surface area contributed by atoms with Gasteiger partial charge in [-0.25, -0.2) is 0 Å². The first-order chi connectivity index (χ1) is 8.20. The molecular weight excluding hydrogens is 216 g/mol. The van der Waals surface area contributed by atoms with E-state index in [0.29, 0.717) is 24.0 Å². The maximum absolute atomic E-state index is 11.4. The number of Topliss-reactive ketones (excluding diaryl/α,β-unsaturated/α-hetero) is 1. The molecule has 2 fully saturated rings. The number of hydrogen-bond acceptors (Lipinski definition) is 3. The molecule has 2 aliphatic carbocycles. The summed E-state index contributed by atoms with van der Waals surface area (Å²) in [4.78, 5) is 22.4. The topological polar surface area (TPSA) is 43.4 Å². The number of fused-ring (bicyclic) bond motifs is 1. The smallest absolute Gasteiger partial charge is 0.305 e. The number of hydrogen-bond donors (Lipinski definition) is 0. The number of ketones is 1. The predicted octanol–water partition coefficient (Wildman–Crippen LogP) is 2.73. The molecule has 0 amide bonds. The highest BCUT2D eigenvalue weighted by molar-refractivity contribution is 5.81.